The van der Waals surface area contributed by atoms with E-state index in [1.807, 2.05) is 19.1 Å². The lowest BCUT2D eigenvalue weighted by Gasteiger charge is -2.08. The van der Waals surface area contributed by atoms with Gasteiger partial charge in [-0.1, -0.05) is 13.8 Å². The van der Waals surface area contributed by atoms with Gasteiger partial charge in [-0.15, -0.1) is 0 Å². The second kappa shape index (κ2) is 8.03. The minimum atomic E-state index is 0.281. The molecule has 0 saturated heterocycles. The zero-order valence-electron chi connectivity index (χ0n) is 10.9. The lowest BCUT2D eigenvalue weighted by Crippen LogP contribution is -2.19. The van der Waals surface area contributed by atoms with Gasteiger partial charge in [-0.2, -0.15) is 0 Å². The molecule has 0 saturated carbocycles. The maximum absolute atomic E-state index is 5.34. The van der Waals surface area contributed by atoms with Crippen LogP contribution < -0.4 is 10.1 Å². The van der Waals surface area contributed by atoms with Crippen LogP contribution in [0.2, 0.25) is 0 Å². The van der Waals surface area contributed by atoms with Gasteiger partial charge in [0.15, 0.2) is 6.79 Å². The normalized spacial score (nSPS) is 10.8. The molecule has 0 aliphatic carbocycles. The lowest BCUT2D eigenvalue weighted by molar-refractivity contribution is 0.0222. The van der Waals surface area contributed by atoms with Crippen molar-refractivity contribution in [2.24, 2.45) is 5.92 Å². The molecule has 0 aliphatic rings. The van der Waals surface area contributed by atoms with Crippen molar-refractivity contribution in [2.45, 2.75) is 27.3 Å². The minimum Gasteiger partial charge on any atom is -0.466 e. The number of rotatable bonds is 8. The van der Waals surface area contributed by atoms with E-state index in [0.717, 1.165) is 24.5 Å². The highest BCUT2D eigenvalue weighted by atomic mass is 16.7. The van der Waals surface area contributed by atoms with Gasteiger partial charge in [0.25, 0.3) is 0 Å². The third kappa shape index (κ3) is 6.24. The number of nitrogens with zero attached hydrogens (tertiary/aromatic N) is 1. The molecule has 1 heterocycles. The van der Waals surface area contributed by atoms with Crippen molar-refractivity contribution in [2.75, 3.05) is 19.9 Å². The number of ether oxygens (including phenoxy) is 2. The van der Waals surface area contributed by atoms with E-state index < -0.39 is 0 Å². The predicted molar refractivity (Wildman–Crippen MR) is 67.9 cm³/mol. The molecule has 0 atom stereocenters. The molecule has 4 nitrogen and oxygen atoms in total. The van der Waals surface area contributed by atoms with Gasteiger partial charge in [0.2, 0.25) is 0 Å². The molecule has 0 unspecified atom stereocenters. The monoisotopic (exact) mass is 238 g/mol. The number of hydrogen-bond acceptors (Lipinski definition) is 4. The van der Waals surface area contributed by atoms with Crippen molar-refractivity contribution in [1.82, 2.24) is 10.3 Å². The second-order valence-corrected chi connectivity index (χ2v) is 4.26. The molecule has 1 N–H and O–H groups in total. The highest BCUT2D eigenvalue weighted by Crippen LogP contribution is 2.09. The predicted octanol–water partition coefficient (Wildman–Crippen LogP) is 2.20. The van der Waals surface area contributed by atoms with E-state index >= 15 is 0 Å². The molecule has 4 heteroatoms. The first kappa shape index (κ1) is 13.9. The van der Waals surface area contributed by atoms with Crippen LogP contribution in [0.25, 0.3) is 0 Å². The van der Waals surface area contributed by atoms with Crippen molar-refractivity contribution in [3.05, 3.63) is 24.0 Å². The molecule has 1 aromatic rings. The van der Waals surface area contributed by atoms with Gasteiger partial charge in [-0.05, 0) is 31.5 Å². The summed E-state index contributed by atoms with van der Waals surface area (Å²) in [5.74, 6) is 1.40. The molecule has 96 valence electrons. The summed E-state index contributed by atoms with van der Waals surface area (Å²) in [6, 6.07) is 3.88. The first-order valence-corrected chi connectivity index (χ1v) is 6.08. The first-order chi connectivity index (χ1) is 8.22. The van der Waals surface area contributed by atoms with Gasteiger partial charge in [0.1, 0.15) is 5.75 Å². The average Bonchev–Trinajstić information content (AvgIpc) is 2.31. The van der Waals surface area contributed by atoms with E-state index in [0.29, 0.717) is 12.5 Å². The number of hydrogen-bond donors (Lipinski definition) is 1. The molecule has 0 amide bonds. The molecule has 17 heavy (non-hydrogen) atoms. The Morgan fingerprint density at radius 3 is 2.76 bits per heavy atom. The molecule has 0 bridgehead atoms. The summed E-state index contributed by atoms with van der Waals surface area (Å²) in [5.41, 5.74) is 1.02. The molecule has 1 rings (SSSR count). The van der Waals surface area contributed by atoms with Crippen molar-refractivity contribution < 1.29 is 9.47 Å². The molecule has 0 radical (unpaired) electrons. The van der Waals surface area contributed by atoms with Crippen LogP contribution in [0.4, 0.5) is 0 Å². The summed E-state index contributed by atoms with van der Waals surface area (Å²) < 4.78 is 10.4. The van der Waals surface area contributed by atoms with Gasteiger partial charge in [-0.3, -0.25) is 4.98 Å². The molecule has 0 fully saturated rings. The van der Waals surface area contributed by atoms with Crippen LogP contribution in [0.15, 0.2) is 18.3 Å². The molecular weight excluding hydrogens is 216 g/mol. The minimum absolute atomic E-state index is 0.281. The van der Waals surface area contributed by atoms with E-state index in [1.54, 1.807) is 6.20 Å². The van der Waals surface area contributed by atoms with Crippen molar-refractivity contribution in [3.8, 4) is 5.75 Å². The standard InChI is InChI=1S/C13H22N2O2/c1-4-16-10-17-13-6-5-12(15-9-13)8-14-7-11(2)3/h5-6,9,11,14H,4,7-8,10H2,1-3H3. The topological polar surface area (TPSA) is 43.4 Å². The zero-order valence-corrected chi connectivity index (χ0v) is 10.9. The Kier molecular flexibility index (Phi) is 6.58. The van der Waals surface area contributed by atoms with E-state index in [-0.39, 0.29) is 6.79 Å². The Bertz CT molecular complexity index is 299. The Hall–Kier alpha value is -1.13. The summed E-state index contributed by atoms with van der Waals surface area (Å²) in [4.78, 5) is 4.31. The third-order valence-electron chi connectivity index (χ3n) is 2.17. The highest BCUT2D eigenvalue weighted by Gasteiger charge is 1.98. The quantitative estimate of drug-likeness (QED) is 0.557. The zero-order chi connectivity index (χ0) is 12.5. The Morgan fingerprint density at radius 1 is 1.35 bits per heavy atom. The first-order valence-electron chi connectivity index (χ1n) is 6.08. The van der Waals surface area contributed by atoms with Gasteiger partial charge < -0.3 is 14.8 Å². The lowest BCUT2D eigenvalue weighted by atomic mass is 10.2. The number of aromatic nitrogens is 1. The molecule has 0 aliphatic heterocycles. The van der Waals surface area contributed by atoms with E-state index in [9.17, 15) is 0 Å². The Labute approximate surface area is 103 Å². The van der Waals surface area contributed by atoms with Crippen molar-refractivity contribution >= 4 is 0 Å². The third-order valence-corrected chi connectivity index (χ3v) is 2.17. The van der Waals surface area contributed by atoms with E-state index in [1.165, 1.54) is 0 Å². The fourth-order valence-corrected chi connectivity index (χ4v) is 1.28. The van der Waals surface area contributed by atoms with Crippen molar-refractivity contribution in [3.63, 3.8) is 0 Å². The maximum atomic E-state index is 5.34. The highest BCUT2D eigenvalue weighted by molar-refractivity contribution is 5.19. The molecule has 0 spiro atoms. The van der Waals surface area contributed by atoms with Crippen LogP contribution >= 0.6 is 0 Å². The Morgan fingerprint density at radius 2 is 2.18 bits per heavy atom. The van der Waals surface area contributed by atoms with Gasteiger partial charge >= 0.3 is 0 Å². The molecular formula is C13H22N2O2. The fourth-order valence-electron chi connectivity index (χ4n) is 1.28. The number of nitrogens with one attached hydrogen (secondary N) is 1. The van der Waals surface area contributed by atoms with Crippen LogP contribution in [0.5, 0.6) is 5.75 Å². The van der Waals surface area contributed by atoms with Crippen LogP contribution in [0.1, 0.15) is 26.5 Å². The van der Waals surface area contributed by atoms with E-state index in [4.69, 9.17) is 9.47 Å². The van der Waals surface area contributed by atoms with Crippen molar-refractivity contribution in [1.29, 1.82) is 0 Å². The number of pyridine rings is 1. The SMILES string of the molecule is CCOCOc1ccc(CNCC(C)C)nc1. The van der Waals surface area contributed by atoms with Gasteiger partial charge in [0.05, 0.1) is 11.9 Å². The van der Waals surface area contributed by atoms with Crippen LogP contribution in [0, 0.1) is 5.92 Å². The molecule has 1 aromatic heterocycles. The summed E-state index contributed by atoms with van der Waals surface area (Å²) in [6.07, 6.45) is 1.73. The van der Waals surface area contributed by atoms with Gasteiger partial charge in [-0.25, -0.2) is 0 Å². The summed E-state index contributed by atoms with van der Waals surface area (Å²) >= 11 is 0. The summed E-state index contributed by atoms with van der Waals surface area (Å²) in [5, 5.41) is 3.34. The largest absolute Gasteiger partial charge is 0.466 e. The van der Waals surface area contributed by atoms with Crippen LogP contribution in [-0.2, 0) is 11.3 Å². The van der Waals surface area contributed by atoms with Crippen LogP contribution in [-0.4, -0.2) is 24.9 Å². The summed E-state index contributed by atoms with van der Waals surface area (Å²) in [7, 11) is 0. The maximum Gasteiger partial charge on any atom is 0.189 e. The van der Waals surface area contributed by atoms with Crippen LogP contribution in [0.3, 0.4) is 0 Å². The summed E-state index contributed by atoms with van der Waals surface area (Å²) in [6.45, 7) is 9.04. The van der Waals surface area contributed by atoms with E-state index in [2.05, 4.69) is 24.1 Å². The smallest absolute Gasteiger partial charge is 0.189 e. The van der Waals surface area contributed by atoms with Gasteiger partial charge in [0, 0.05) is 13.2 Å². The Balaban J connectivity index is 2.29. The average molecular weight is 238 g/mol. The molecule has 0 aromatic carbocycles. The second-order valence-electron chi connectivity index (χ2n) is 4.26. The fraction of sp³-hybridized carbons (Fsp3) is 0.615.